The van der Waals surface area contributed by atoms with Crippen LogP contribution in [-0.4, -0.2) is 11.4 Å². The molecule has 0 radical (unpaired) electrons. The Labute approximate surface area is 113 Å². The first-order chi connectivity index (χ1) is 8.94. The lowest BCUT2D eigenvalue weighted by molar-refractivity contribution is 0.100. The van der Waals surface area contributed by atoms with E-state index in [1.807, 2.05) is 36.4 Å². The highest BCUT2D eigenvalue weighted by atomic mass is 16.1. The molecule has 2 rings (SSSR count). The third kappa shape index (κ3) is 2.70. The predicted octanol–water partition coefficient (Wildman–Crippen LogP) is 3.54. The molecule has 0 aromatic heterocycles. The van der Waals surface area contributed by atoms with Crippen LogP contribution < -0.4 is 11.1 Å². The van der Waals surface area contributed by atoms with Crippen molar-refractivity contribution in [3.8, 4) is 0 Å². The van der Waals surface area contributed by atoms with Gasteiger partial charge in [-0.1, -0.05) is 37.3 Å². The SMILES string of the molecule is CCC(C)(C)Nc1ccc2ccccc2c1C(N)=O. The monoisotopic (exact) mass is 256 g/mol. The molecule has 0 saturated carbocycles. The van der Waals surface area contributed by atoms with Crippen LogP contribution in [0.3, 0.4) is 0 Å². The Bertz CT molecular complexity index is 617. The molecule has 3 heteroatoms. The minimum Gasteiger partial charge on any atom is -0.380 e. The normalized spacial score (nSPS) is 11.5. The van der Waals surface area contributed by atoms with Gasteiger partial charge in [0.15, 0.2) is 0 Å². The summed E-state index contributed by atoms with van der Waals surface area (Å²) in [5.74, 6) is -0.397. The van der Waals surface area contributed by atoms with E-state index in [1.165, 1.54) is 0 Å². The molecule has 2 aromatic carbocycles. The fourth-order valence-corrected chi connectivity index (χ4v) is 2.09. The summed E-state index contributed by atoms with van der Waals surface area (Å²) in [4.78, 5) is 11.8. The minimum atomic E-state index is -0.397. The number of carbonyl (C=O) groups excluding carboxylic acids is 1. The molecule has 0 saturated heterocycles. The zero-order valence-electron chi connectivity index (χ0n) is 11.7. The Morgan fingerprint density at radius 1 is 1.21 bits per heavy atom. The molecule has 1 amide bonds. The molecule has 0 aliphatic carbocycles. The van der Waals surface area contributed by atoms with E-state index in [1.54, 1.807) is 0 Å². The van der Waals surface area contributed by atoms with E-state index < -0.39 is 5.91 Å². The summed E-state index contributed by atoms with van der Waals surface area (Å²) < 4.78 is 0. The Balaban J connectivity index is 2.61. The van der Waals surface area contributed by atoms with Crippen LogP contribution in [0.5, 0.6) is 0 Å². The molecule has 0 aliphatic rings. The van der Waals surface area contributed by atoms with Crippen molar-refractivity contribution in [2.75, 3.05) is 5.32 Å². The molecule has 0 atom stereocenters. The average molecular weight is 256 g/mol. The summed E-state index contributed by atoms with van der Waals surface area (Å²) in [5.41, 5.74) is 6.86. The molecule has 0 fully saturated rings. The first kappa shape index (κ1) is 13.4. The molecule has 0 heterocycles. The van der Waals surface area contributed by atoms with Gasteiger partial charge in [0.2, 0.25) is 0 Å². The second-order valence-corrected chi connectivity index (χ2v) is 5.44. The maximum atomic E-state index is 11.8. The summed E-state index contributed by atoms with van der Waals surface area (Å²) in [5, 5.41) is 5.33. The zero-order chi connectivity index (χ0) is 14.0. The molecule has 0 unspecified atom stereocenters. The first-order valence-electron chi connectivity index (χ1n) is 6.54. The van der Waals surface area contributed by atoms with Gasteiger partial charge in [-0.25, -0.2) is 0 Å². The average Bonchev–Trinajstić information content (AvgIpc) is 2.37. The molecule has 2 aromatic rings. The van der Waals surface area contributed by atoms with Gasteiger partial charge in [0.05, 0.1) is 5.56 Å². The number of amides is 1. The van der Waals surface area contributed by atoms with Gasteiger partial charge < -0.3 is 11.1 Å². The van der Waals surface area contributed by atoms with Gasteiger partial charge in [-0.3, -0.25) is 4.79 Å². The maximum absolute atomic E-state index is 11.8. The zero-order valence-corrected chi connectivity index (χ0v) is 11.7. The highest BCUT2D eigenvalue weighted by molar-refractivity contribution is 6.11. The van der Waals surface area contributed by atoms with E-state index in [9.17, 15) is 4.79 Å². The fraction of sp³-hybridized carbons (Fsp3) is 0.312. The van der Waals surface area contributed by atoms with Crippen molar-refractivity contribution in [3.63, 3.8) is 0 Å². The number of carbonyl (C=O) groups is 1. The number of nitrogens with two attached hydrogens (primary N) is 1. The topological polar surface area (TPSA) is 55.1 Å². The summed E-state index contributed by atoms with van der Waals surface area (Å²) in [6.45, 7) is 6.32. The lowest BCUT2D eigenvalue weighted by Crippen LogP contribution is -2.31. The quantitative estimate of drug-likeness (QED) is 0.879. The molecule has 19 heavy (non-hydrogen) atoms. The first-order valence-corrected chi connectivity index (χ1v) is 6.54. The van der Waals surface area contributed by atoms with E-state index in [0.717, 1.165) is 22.9 Å². The highest BCUT2D eigenvalue weighted by Gasteiger charge is 2.19. The molecule has 0 aliphatic heterocycles. The van der Waals surface area contributed by atoms with E-state index in [4.69, 9.17) is 5.73 Å². The molecular formula is C16H20N2O. The van der Waals surface area contributed by atoms with Crippen LogP contribution in [0.1, 0.15) is 37.6 Å². The van der Waals surface area contributed by atoms with Crippen LogP contribution in [-0.2, 0) is 0 Å². The van der Waals surface area contributed by atoms with Crippen LogP contribution in [0.4, 0.5) is 5.69 Å². The van der Waals surface area contributed by atoms with Crippen molar-refractivity contribution in [2.24, 2.45) is 5.73 Å². The van der Waals surface area contributed by atoms with Gasteiger partial charge >= 0.3 is 0 Å². The van der Waals surface area contributed by atoms with E-state index in [2.05, 4.69) is 26.1 Å². The predicted molar refractivity (Wildman–Crippen MR) is 80.5 cm³/mol. The number of fused-ring (bicyclic) bond motifs is 1. The number of nitrogens with one attached hydrogen (secondary N) is 1. The summed E-state index contributed by atoms with van der Waals surface area (Å²) >= 11 is 0. The number of rotatable bonds is 4. The molecule has 3 nitrogen and oxygen atoms in total. The van der Waals surface area contributed by atoms with Crippen LogP contribution in [0, 0.1) is 0 Å². The minimum absolute atomic E-state index is 0.0767. The Kier molecular flexibility index (Phi) is 3.47. The molecule has 0 bridgehead atoms. The number of primary amides is 1. The highest BCUT2D eigenvalue weighted by Crippen LogP contribution is 2.28. The lowest BCUT2D eigenvalue weighted by atomic mass is 9.97. The fourth-order valence-electron chi connectivity index (χ4n) is 2.09. The molecular weight excluding hydrogens is 236 g/mol. The standard InChI is InChI=1S/C16H20N2O/c1-4-16(2,3)18-13-10-9-11-7-5-6-8-12(11)14(13)15(17)19/h5-10,18H,4H2,1-3H3,(H2,17,19). The summed E-state index contributed by atoms with van der Waals surface area (Å²) in [6, 6.07) is 11.7. The Morgan fingerprint density at radius 2 is 1.89 bits per heavy atom. The molecule has 100 valence electrons. The van der Waals surface area contributed by atoms with Crippen molar-refractivity contribution in [3.05, 3.63) is 42.0 Å². The Morgan fingerprint density at radius 3 is 2.53 bits per heavy atom. The van der Waals surface area contributed by atoms with Gasteiger partial charge in [-0.2, -0.15) is 0 Å². The van der Waals surface area contributed by atoms with Gasteiger partial charge in [0, 0.05) is 11.2 Å². The van der Waals surface area contributed by atoms with Crippen molar-refractivity contribution in [2.45, 2.75) is 32.7 Å². The Hall–Kier alpha value is -2.03. The number of hydrogen-bond acceptors (Lipinski definition) is 2. The van der Waals surface area contributed by atoms with Crippen molar-refractivity contribution in [1.82, 2.24) is 0 Å². The van der Waals surface area contributed by atoms with E-state index >= 15 is 0 Å². The number of hydrogen-bond donors (Lipinski definition) is 2. The summed E-state index contributed by atoms with van der Waals surface area (Å²) in [7, 11) is 0. The largest absolute Gasteiger partial charge is 0.380 e. The third-order valence-electron chi connectivity index (χ3n) is 3.53. The maximum Gasteiger partial charge on any atom is 0.251 e. The lowest BCUT2D eigenvalue weighted by Gasteiger charge is -2.27. The smallest absolute Gasteiger partial charge is 0.251 e. The van der Waals surface area contributed by atoms with Crippen LogP contribution in [0.15, 0.2) is 36.4 Å². The van der Waals surface area contributed by atoms with Crippen LogP contribution in [0.2, 0.25) is 0 Å². The number of benzene rings is 2. The number of anilines is 1. The van der Waals surface area contributed by atoms with Gasteiger partial charge in [-0.05, 0) is 37.1 Å². The van der Waals surface area contributed by atoms with Crippen LogP contribution >= 0.6 is 0 Å². The van der Waals surface area contributed by atoms with E-state index in [0.29, 0.717) is 5.56 Å². The van der Waals surface area contributed by atoms with Crippen molar-refractivity contribution in [1.29, 1.82) is 0 Å². The van der Waals surface area contributed by atoms with E-state index in [-0.39, 0.29) is 5.54 Å². The molecule has 3 N–H and O–H groups in total. The second kappa shape index (κ2) is 4.92. The van der Waals surface area contributed by atoms with Crippen molar-refractivity contribution >= 4 is 22.4 Å². The van der Waals surface area contributed by atoms with Gasteiger partial charge in [-0.15, -0.1) is 0 Å². The molecule has 0 spiro atoms. The third-order valence-corrected chi connectivity index (χ3v) is 3.53. The van der Waals surface area contributed by atoms with Crippen molar-refractivity contribution < 1.29 is 4.79 Å². The van der Waals surface area contributed by atoms with Gasteiger partial charge in [0.25, 0.3) is 5.91 Å². The van der Waals surface area contributed by atoms with Crippen LogP contribution in [0.25, 0.3) is 10.8 Å². The second-order valence-electron chi connectivity index (χ2n) is 5.44. The summed E-state index contributed by atoms with van der Waals surface area (Å²) in [6.07, 6.45) is 0.956. The van der Waals surface area contributed by atoms with Gasteiger partial charge in [0.1, 0.15) is 0 Å².